The Labute approximate surface area is 102 Å². The van der Waals surface area contributed by atoms with Crippen LogP contribution < -0.4 is 0 Å². The summed E-state index contributed by atoms with van der Waals surface area (Å²) in [5.41, 5.74) is -0.884. The highest BCUT2D eigenvalue weighted by Crippen LogP contribution is 2.41. The zero-order valence-corrected chi connectivity index (χ0v) is 9.57. The number of piperidine rings is 1. The summed E-state index contributed by atoms with van der Waals surface area (Å²) in [6.45, 7) is 0.505. The molecule has 1 spiro atoms. The van der Waals surface area contributed by atoms with Gasteiger partial charge in [-0.15, -0.1) is 0 Å². The van der Waals surface area contributed by atoms with Crippen LogP contribution in [-0.4, -0.2) is 57.4 Å². The van der Waals surface area contributed by atoms with Gasteiger partial charge in [-0.2, -0.15) is 0 Å². The lowest BCUT2D eigenvalue weighted by Crippen LogP contribution is -2.51. The van der Waals surface area contributed by atoms with Crippen molar-refractivity contribution in [1.29, 1.82) is 0 Å². The Morgan fingerprint density at radius 2 is 1.94 bits per heavy atom. The van der Waals surface area contributed by atoms with Gasteiger partial charge in [-0.05, 0) is 12.8 Å². The van der Waals surface area contributed by atoms with Gasteiger partial charge >= 0.3 is 12.1 Å². The zero-order valence-electron chi connectivity index (χ0n) is 9.57. The number of hydrogen-bond acceptors (Lipinski definition) is 5. The molecule has 1 fully saturated rings. The van der Waals surface area contributed by atoms with Gasteiger partial charge in [0, 0.05) is 24.9 Å². The molecule has 0 aromatic carbocycles. The number of hydrogen-bond donors (Lipinski definition) is 3. The fourth-order valence-electron chi connectivity index (χ4n) is 2.36. The van der Waals surface area contributed by atoms with Crippen LogP contribution in [0.3, 0.4) is 0 Å². The second-order valence-electron chi connectivity index (χ2n) is 4.61. The van der Waals surface area contributed by atoms with E-state index in [2.05, 4.69) is 5.16 Å². The maximum absolute atomic E-state index is 10.9. The van der Waals surface area contributed by atoms with Crippen LogP contribution in [0.15, 0.2) is 5.16 Å². The first-order chi connectivity index (χ1) is 8.44. The van der Waals surface area contributed by atoms with Crippen molar-refractivity contribution in [2.75, 3.05) is 13.1 Å². The molecule has 18 heavy (non-hydrogen) atoms. The first kappa shape index (κ1) is 12.6. The van der Waals surface area contributed by atoms with Gasteiger partial charge in [0.2, 0.25) is 6.29 Å². The fraction of sp³-hybridized carbons (Fsp3) is 0.700. The van der Waals surface area contributed by atoms with E-state index in [9.17, 15) is 14.7 Å². The van der Waals surface area contributed by atoms with E-state index in [0.717, 1.165) is 0 Å². The lowest BCUT2D eigenvalue weighted by atomic mass is 9.73. The van der Waals surface area contributed by atoms with E-state index in [-0.39, 0.29) is 25.2 Å². The first-order valence-corrected chi connectivity index (χ1v) is 5.56. The summed E-state index contributed by atoms with van der Waals surface area (Å²) >= 11 is 0. The summed E-state index contributed by atoms with van der Waals surface area (Å²) < 4.78 is 0. The molecular weight excluding hydrogens is 244 g/mol. The van der Waals surface area contributed by atoms with Crippen LogP contribution in [-0.2, 0) is 9.63 Å². The molecule has 0 radical (unpaired) electrons. The summed E-state index contributed by atoms with van der Waals surface area (Å²) in [7, 11) is 0. The molecule has 0 saturated carbocycles. The maximum atomic E-state index is 10.9. The average molecular weight is 258 g/mol. The molecule has 0 aromatic heterocycles. The van der Waals surface area contributed by atoms with Crippen LogP contribution in [0.4, 0.5) is 4.79 Å². The molecule has 8 nitrogen and oxygen atoms in total. The largest absolute Gasteiger partial charge is 0.477 e. The van der Waals surface area contributed by atoms with Crippen molar-refractivity contribution in [2.45, 2.75) is 25.6 Å². The van der Waals surface area contributed by atoms with Gasteiger partial charge in [0.25, 0.3) is 0 Å². The molecule has 0 aliphatic carbocycles. The van der Waals surface area contributed by atoms with Crippen LogP contribution in [0.1, 0.15) is 19.3 Å². The van der Waals surface area contributed by atoms with Gasteiger partial charge in [0.1, 0.15) is 0 Å². The third-order valence-corrected chi connectivity index (χ3v) is 3.58. The van der Waals surface area contributed by atoms with E-state index in [1.54, 1.807) is 0 Å². The Morgan fingerprint density at radius 3 is 2.44 bits per heavy atom. The molecule has 0 bridgehead atoms. The number of carbonyl (C=O) groups is 2. The minimum absolute atomic E-state index is 0.0942. The lowest BCUT2D eigenvalue weighted by Gasteiger charge is -2.43. The molecule has 0 aromatic rings. The minimum atomic E-state index is -1.18. The van der Waals surface area contributed by atoms with Crippen molar-refractivity contribution in [3.05, 3.63) is 0 Å². The smallest absolute Gasteiger partial charge is 0.407 e. The molecule has 2 heterocycles. The highest BCUT2D eigenvalue weighted by Gasteiger charge is 2.47. The summed E-state index contributed by atoms with van der Waals surface area (Å²) in [6, 6.07) is 0. The fourth-order valence-corrected chi connectivity index (χ4v) is 2.36. The number of carboxylic acid groups (broad SMARTS) is 2. The van der Waals surface area contributed by atoms with Crippen molar-refractivity contribution >= 4 is 17.8 Å². The van der Waals surface area contributed by atoms with Crippen molar-refractivity contribution < 1.29 is 29.7 Å². The Balaban J connectivity index is 2.11. The molecule has 1 amide bonds. The molecule has 100 valence electrons. The summed E-state index contributed by atoms with van der Waals surface area (Å²) in [5, 5.41) is 30.9. The van der Waals surface area contributed by atoms with Gasteiger partial charge in [0.05, 0.1) is 0 Å². The van der Waals surface area contributed by atoms with Crippen molar-refractivity contribution in [2.24, 2.45) is 10.6 Å². The van der Waals surface area contributed by atoms with Crippen molar-refractivity contribution in [1.82, 2.24) is 4.90 Å². The molecular formula is C10H14N2O6. The molecule has 8 heteroatoms. The second kappa shape index (κ2) is 4.45. The zero-order chi connectivity index (χ0) is 13.3. The second-order valence-corrected chi connectivity index (χ2v) is 4.61. The number of carboxylic acids is 1. The van der Waals surface area contributed by atoms with Crippen LogP contribution in [0.2, 0.25) is 0 Å². The van der Waals surface area contributed by atoms with E-state index in [0.29, 0.717) is 12.8 Å². The summed E-state index contributed by atoms with van der Waals surface area (Å²) in [4.78, 5) is 27.6. The molecule has 2 aliphatic heterocycles. The standard InChI is InChI=1S/C10H14N2O6/c13-7(14)6-5-10(8(15)18-11-6)1-3-12(4-2-10)9(16)17/h8,15H,1-5H2,(H,13,14)(H,16,17). The van der Waals surface area contributed by atoms with Crippen molar-refractivity contribution in [3.63, 3.8) is 0 Å². The monoisotopic (exact) mass is 258 g/mol. The van der Waals surface area contributed by atoms with Crippen LogP contribution in [0, 0.1) is 5.41 Å². The number of rotatable bonds is 1. The molecule has 3 N–H and O–H groups in total. The van der Waals surface area contributed by atoms with E-state index in [1.165, 1.54) is 4.90 Å². The quantitative estimate of drug-likeness (QED) is 0.605. The Kier molecular flexibility index (Phi) is 3.12. The number of aliphatic hydroxyl groups is 1. The van der Waals surface area contributed by atoms with Gasteiger partial charge < -0.3 is 25.1 Å². The number of aliphatic carboxylic acids is 1. The third kappa shape index (κ3) is 2.10. The number of likely N-dealkylation sites (tertiary alicyclic amines) is 1. The van der Waals surface area contributed by atoms with E-state index >= 15 is 0 Å². The normalized spacial score (nSPS) is 26.4. The summed E-state index contributed by atoms with van der Waals surface area (Å²) in [6.07, 6.45) is -1.39. The number of oxime groups is 1. The minimum Gasteiger partial charge on any atom is -0.477 e. The molecule has 1 saturated heterocycles. The van der Waals surface area contributed by atoms with Crippen LogP contribution in [0.5, 0.6) is 0 Å². The predicted octanol–water partition coefficient (Wildman–Crippen LogP) is -0.0741. The summed E-state index contributed by atoms with van der Waals surface area (Å²) in [5.74, 6) is -1.18. The maximum Gasteiger partial charge on any atom is 0.407 e. The highest BCUT2D eigenvalue weighted by molar-refractivity contribution is 6.35. The van der Waals surface area contributed by atoms with Crippen molar-refractivity contribution in [3.8, 4) is 0 Å². The van der Waals surface area contributed by atoms with Gasteiger partial charge in [-0.25, -0.2) is 9.59 Å². The number of nitrogens with zero attached hydrogens (tertiary/aromatic N) is 2. The van der Waals surface area contributed by atoms with Gasteiger partial charge in [0.15, 0.2) is 5.71 Å². The average Bonchev–Trinajstić information content (AvgIpc) is 2.33. The molecule has 2 aliphatic rings. The van der Waals surface area contributed by atoms with E-state index in [4.69, 9.17) is 15.1 Å². The Morgan fingerprint density at radius 1 is 1.33 bits per heavy atom. The number of aliphatic hydroxyl groups excluding tert-OH is 1. The Bertz CT molecular complexity index is 399. The van der Waals surface area contributed by atoms with Crippen LogP contribution in [0.25, 0.3) is 0 Å². The lowest BCUT2D eigenvalue weighted by molar-refractivity contribution is -0.196. The highest BCUT2D eigenvalue weighted by atomic mass is 16.7. The predicted molar refractivity (Wildman–Crippen MR) is 58.0 cm³/mol. The van der Waals surface area contributed by atoms with E-state index in [1.807, 2.05) is 0 Å². The molecule has 2 rings (SSSR count). The molecule has 1 atom stereocenters. The topological polar surface area (TPSA) is 120 Å². The Hall–Kier alpha value is -1.83. The third-order valence-electron chi connectivity index (χ3n) is 3.58. The SMILES string of the molecule is O=C(O)C1=NOC(O)C2(CCN(C(=O)O)CC2)C1. The van der Waals surface area contributed by atoms with Gasteiger partial charge in [-0.1, -0.05) is 5.16 Å². The van der Waals surface area contributed by atoms with E-state index < -0.39 is 23.8 Å². The molecule has 1 unspecified atom stereocenters. The van der Waals surface area contributed by atoms with Crippen LogP contribution >= 0.6 is 0 Å². The van der Waals surface area contributed by atoms with Gasteiger partial charge in [-0.3, -0.25) is 0 Å². The first-order valence-electron chi connectivity index (χ1n) is 5.56. The number of amides is 1.